The maximum atomic E-state index is 12.1. The fraction of sp³-hybridized carbons (Fsp3) is 0.846. The molecule has 18 heavy (non-hydrogen) atoms. The van der Waals surface area contributed by atoms with Crippen molar-refractivity contribution in [3.63, 3.8) is 0 Å². The van der Waals surface area contributed by atoms with Gasteiger partial charge in [0.25, 0.3) is 0 Å². The summed E-state index contributed by atoms with van der Waals surface area (Å²) in [6.45, 7) is 5.89. The molecule has 0 aromatic carbocycles. The van der Waals surface area contributed by atoms with Crippen molar-refractivity contribution in [3.05, 3.63) is 0 Å². The van der Waals surface area contributed by atoms with Crippen LogP contribution in [0.25, 0.3) is 0 Å². The molecule has 2 heterocycles. The largest absolute Gasteiger partial charge is 0.443 e. The topological polar surface area (TPSA) is 58.6 Å². The Morgan fingerprint density at radius 1 is 1.28 bits per heavy atom. The van der Waals surface area contributed by atoms with Crippen LogP contribution in [0, 0.1) is 0 Å². The molecule has 0 spiro atoms. The number of ether oxygens (including phenoxy) is 1. The van der Waals surface area contributed by atoms with Crippen molar-refractivity contribution in [2.75, 3.05) is 6.54 Å². The molecule has 2 saturated heterocycles. The number of carbonyl (C=O) groups is 2. The maximum Gasteiger partial charge on any atom is 0.417 e. The lowest BCUT2D eigenvalue weighted by Gasteiger charge is -2.29. The Kier molecular flexibility index (Phi) is 3.61. The molecule has 0 aliphatic carbocycles. The van der Waals surface area contributed by atoms with Crippen LogP contribution < -0.4 is 5.32 Å². The van der Waals surface area contributed by atoms with Crippen LogP contribution in [-0.4, -0.2) is 41.1 Å². The molecule has 1 N–H and O–H groups in total. The summed E-state index contributed by atoms with van der Waals surface area (Å²) in [5.74, 6) is -0.123. The van der Waals surface area contributed by atoms with Gasteiger partial charge in [0.2, 0.25) is 5.91 Å². The lowest BCUT2D eigenvalue weighted by Crippen LogP contribution is -2.47. The van der Waals surface area contributed by atoms with Crippen molar-refractivity contribution in [1.82, 2.24) is 10.2 Å². The Morgan fingerprint density at radius 2 is 1.94 bits per heavy atom. The van der Waals surface area contributed by atoms with E-state index >= 15 is 0 Å². The van der Waals surface area contributed by atoms with Gasteiger partial charge in [-0.1, -0.05) is 0 Å². The molecular weight excluding hydrogens is 232 g/mol. The molecule has 2 atom stereocenters. The van der Waals surface area contributed by atoms with Crippen LogP contribution in [0.1, 0.15) is 46.5 Å². The van der Waals surface area contributed by atoms with Crippen LogP contribution in [0.4, 0.5) is 4.79 Å². The molecule has 0 aromatic heterocycles. The van der Waals surface area contributed by atoms with Crippen LogP contribution in [-0.2, 0) is 9.53 Å². The predicted octanol–water partition coefficient (Wildman–Crippen LogP) is 1.66. The maximum absolute atomic E-state index is 12.1. The van der Waals surface area contributed by atoms with Crippen molar-refractivity contribution in [2.24, 2.45) is 0 Å². The minimum absolute atomic E-state index is 0.123. The van der Waals surface area contributed by atoms with E-state index < -0.39 is 11.7 Å². The standard InChI is InChI=1S/C13H22N2O3/c1-13(2,3)18-12(17)15-7-6-9-4-5-10(14-9)8-11(15)16/h9-10,14H,4-8H2,1-3H3. The molecule has 102 valence electrons. The Labute approximate surface area is 108 Å². The van der Waals surface area contributed by atoms with E-state index in [1.807, 2.05) is 20.8 Å². The summed E-state index contributed by atoms with van der Waals surface area (Å²) in [4.78, 5) is 25.3. The molecule has 2 aliphatic heterocycles. The molecule has 2 fully saturated rings. The van der Waals surface area contributed by atoms with Gasteiger partial charge in [-0.25, -0.2) is 9.69 Å². The fourth-order valence-electron chi connectivity index (χ4n) is 2.53. The second-order valence-corrected chi connectivity index (χ2v) is 6.16. The second kappa shape index (κ2) is 4.88. The average molecular weight is 254 g/mol. The van der Waals surface area contributed by atoms with Gasteiger partial charge in [0.15, 0.2) is 0 Å². The third-order valence-corrected chi connectivity index (χ3v) is 3.37. The van der Waals surface area contributed by atoms with Crippen molar-refractivity contribution in [2.45, 2.75) is 64.1 Å². The number of hydrogen-bond donors (Lipinski definition) is 1. The Bertz CT molecular complexity index is 349. The number of carbonyl (C=O) groups excluding carboxylic acids is 2. The van der Waals surface area contributed by atoms with Gasteiger partial charge in [-0.15, -0.1) is 0 Å². The molecule has 5 heteroatoms. The Morgan fingerprint density at radius 3 is 2.61 bits per heavy atom. The molecule has 2 unspecified atom stereocenters. The minimum atomic E-state index is -0.559. The van der Waals surface area contributed by atoms with Crippen LogP contribution in [0.5, 0.6) is 0 Å². The zero-order valence-corrected chi connectivity index (χ0v) is 11.4. The zero-order chi connectivity index (χ0) is 13.3. The van der Waals surface area contributed by atoms with Gasteiger partial charge in [0.1, 0.15) is 5.60 Å². The van der Waals surface area contributed by atoms with Gasteiger partial charge in [-0.2, -0.15) is 0 Å². The van der Waals surface area contributed by atoms with E-state index in [1.54, 1.807) is 0 Å². The normalized spacial score (nSPS) is 28.8. The van der Waals surface area contributed by atoms with Gasteiger partial charge < -0.3 is 10.1 Å². The number of nitrogens with one attached hydrogen (secondary N) is 1. The summed E-state index contributed by atoms with van der Waals surface area (Å²) in [7, 11) is 0. The second-order valence-electron chi connectivity index (χ2n) is 6.16. The lowest BCUT2D eigenvalue weighted by molar-refractivity contribution is -0.131. The van der Waals surface area contributed by atoms with Crippen molar-refractivity contribution in [3.8, 4) is 0 Å². The molecular formula is C13H22N2O3. The highest BCUT2D eigenvalue weighted by atomic mass is 16.6. The van der Waals surface area contributed by atoms with E-state index in [2.05, 4.69) is 5.32 Å². The first kappa shape index (κ1) is 13.3. The lowest BCUT2D eigenvalue weighted by atomic mass is 10.1. The summed E-state index contributed by atoms with van der Waals surface area (Å²) >= 11 is 0. The van der Waals surface area contributed by atoms with Gasteiger partial charge in [0.05, 0.1) is 0 Å². The summed E-state index contributed by atoms with van der Waals surface area (Å²) in [6.07, 6.45) is 2.84. The Hall–Kier alpha value is -1.10. The summed E-state index contributed by atoms with van der Waals surface area (Å²) in [6, 6.07) is 0.667. The van der Waals surface area contributed by atoms with E-state index in [0.717, 1.165) is 19.3 Å². The molecule has 2 rings (SSSR count). The molecule has 0 radical (unpaired) electrons. The minimum Gasteiger partial charge on any atom is -0.443 e. The van der Waals surface area contributed by atoms with Gasteiger partial charge in [-0.05, 0) is 40.0 Å². The van der Waals surface area contributed by atoms with Crippen LogP contribution in [0.15, 0.2) is 0 Å². The SMILES string of the molecule is CC(C)(C)OC(=O)N1CCC2CCC(CC1=O)N2. The predicted molar refractivity (Wildman–Crippen MR) is 67.1 cm³/mol. The zero-order valence-electron chi connectivity index (χ0n) is 11.4. The first-order valence-corrected chi connectivity index (χ1v) is 6.64. The smallest absolute Gasteiger partial charge is 0.417 e. The van der Waals surface area contributed by atoms with Gasteiger partial charge in [0, 0.05) is 25.0 Å². The van der Waals surface area contributed by atoms with Crippen molar-refractivity contribution < 1.29 is 14.3 Å². The van der Waals surface area contributed by atoms with Gasteiger partial charge in [-0.3, -0.25) is 4.79 Å². The summed E-state index contributed by atoms with van der Waals surface area (Å²) in [5.41, 5.74) is -0.559. The number of fused-ring (bicyclic) bond motifs is 2. The van der Waals surface area contributed by atoms with E-state index in [0.29, 0.717) is 19.0 Å². The molecule has 2 amide bonds. The van der Waals surface area contributed by atoms with E-state index in [4.69, 9.17) is 4.74 Å². The molecule has 0 saturated carbocycles. The monoisotopic (exact) mass is 254 g/mol. The first-order chi connectivity index (χ1) is 8.35. The molecule has 2 bridgehead atoms. The van der Waals surface area contributed by atoms with E-state index in [-0.39, 0.29) is 11.9 Å². The van der Waals surface area contributed by atoms with Crippen LogP contribution in [0.2, 0.25) is 0 Å². The number of nitrogens with zero attached hydrogens (tertiary/aromatic N) is 1. The highest BCUT2D eigenvalue weighted by Gasteiger charge is 2.34. The fourth-order valence-corrected chi connectivity index (χ4v) is 2.53. The van der Waals surface area contributed by atoms with Crippen LogP contribution >= 0.6 is 0 Å². The number of imide groups is 1. The molecule has 2 aliphatic rings. The van der Waals surface area contributed by atoms with E-state index in [1.165, 1.54) is 4.90 Å². The first-order valence-electron chi connectivity index (χ1n) is 6.64. The van der Waals surface area contributed by atoms with Gasteiger partial charge >= 0.3 is 6.09 Å². The number of rotatable bonds is 0. The third-order valence-electron chi connectivity index (χ3n) is 3.37. The third kappa shape index (κ3) is 3.22. The van der Waals surface area contributed by atoms with Crippen molar-refractivity contribution in [1.29, 1.82) is 0 Å². The van der Waals surface area contributed by atoms with Crippen LogP contribution in [0.3, 0.4) is 0 Å². The summed E-state index contributed by atoms with van der Waals surface area (Å²) < 4.78 is 5.28. The quantitative estimate of drug-likeness (QED) is 0.714. The number of hydrogen-bond acceptors (Lipinski definition) is 4. The highest BCUT2D eigenvalue weighted by Crippen LogP contribution is 2.22. The average Bonchev–Trinajstić information content (AvgIpc) is 2.62. The van der Waals surface area contributed by atoms with E-state index in [9.17, 15) is 9.59 Å². The highest BCUT2D eigenvalue weighted by molar-refractivity contribution is 5.92. The number of amides is 2. The molecule has 0 aromatic rings. The Balaban J connectivity index is 2.02. The van der Waals surface area contributed by atoms with Crippen molar-refractivity contribution >= 4 is 12.0 Å². The summed E-state index contributed by atoms with van der Waals surface area (Å²) in [5, 5.41) is 3.43. The molecule has 5 nitrogen and oxygen atoms in total.